The summed E-state index contributed by atoms with van der Waals surface area (Å²) in [7, 11) is 0. The second-order valence-corrected chi connectivity index (χ2v) is 5.80. The van der Waals surface area contributed by atoms with Crippen LogP contribution in [0.2, 0.25) is 0 Å². The van der Waals surface area contributed by atoms with E-state index in [1.165, 1.54) is 24.5 Å². The molecule has 0 spiro atoms. The molecule has 3 aromatic rings. The zero-order valence-electron chi connectivity index (χ0n) is 13.0. The summed E-state index contributed by atoms with van der Waals surface area (Å²) >= 11 is 0. The summed E-state index contributed by atoms with van der Waals surface area (Å²) in [6, 6.07) is 4.80. The average molecular weight is 344 g/mol. The first kappa shape index (κ1) is 15.4. The van der Waals surface area contributed by atoms with Crippen LogP contribution in [0.1, 0.15) is 46.9 Å². The van der Waals surface area contributed by atoms with Crippen molar-refractivity contribution in [1.29, 1.82) is 0 Å². The Hall–Kier alpha value is -3.10. The van der Waals surface area contributed by atoms with E-state index < -0.39 is 18.0 Å². The van der Waals surface area contributed by atoms with Gasteiger partial charge in [-0.2, -0.15) is 10.2 Å². The fourth-order valence-corrected chi connectivity index (χ4v) is 2.62. The number of carbonyl (C=O) groups is 1. The van der Waals surface area contributed by atoms with Crippen LogP contribution in [-0.4, -0.2) is 30.9 Å². The van der Waals surface area contributed by atoms with E-state index in [0.717, 1.165) is 29.4 Å². The number of nitrogens with zero attached hydrogens (tertiary/aromatic N) is 4. The van der Waals surface area contributed by atoms with Gasteiger partial charge in [0, 0.05) is 30.1 Å². The van der Waals surface area contributed by atoms with E-state index >= 15 is 0 Å². The van der Waals surface area contributed by atoms with Crippen LogP contribution in [0.25, 0.3) is 5.69 Å². The minimum Gasteiger partial charge on any atom is -0.305 e. The largest absolute Gasteiger partial charge is 0.305 e. The molecule has 1 aliphatic carbocycles. The number of aromatic amines is 1. The molecule has 0 aliphatic heterocycles. The molecule has 1 amide bonds. The Labute approximate surface area is 141 Å². The number of hydrogen-bond donors (Lipinski definition) is 2. The molecule has 2 N–H and O–H groups in total. The van der Waals surface area contributed by atoms with Crippen molar-refractivity contribution in [3.05, 3.63) is 53.7 Å². The molecule has 0 unspecified atom stereocenters. The van der Waals surface area contributed by atoms with E-state index in [1.54, 1.807) is 6.07 Å². The molecule has 3 heterocycles. The summed E-state index contributed by atoms with van der Waals surface area (Å²) in [5, 5.41) is 13.3. The van der Waals surface area contributed by atoms with E-state index in [-0.39, 0.29) is 5.56 Å². The number of rotatable bonds is 5. The number of carbonyl (C=O) groups excluding carboxylic acids is 1. The van der Waals surface area contributed by atoms with Crippen molar-refractivity contribution in [3.63, 3.8) is 0 Å². The number of amides is 1. The molecule has 0 radical (unpaired) electrons. The summed E-state index contributed by atoms with van der Waals surface area (Å²) in [5.74, 6) is 0.0810. The minimum absolute atomic E-state index is 0.192. The van der Waals surface area contributed by atoms with Crippen molar-refractivity contribution in [2.24, 2.45) is 0 Å². The lowest BCUT2D eigenvalue weighted by atomic mass is 10.2. The van der Waals surface area contributed by atoms with Gasteiger partial charge in [-0.25, -0.2) is 13.5 Å². The SMILES string of the molecule is O=C(Nc1cc(C2CC2)[nH]n1)c1cnn(-c2ccncc2)c1C(F)F. The highest BCUT2D eigenvalue weighted by molar-refractivity contribution is 6.04. The third kappa shape index (κ3) is 3.00. The second-order valence-electron chi connectivity index (χ2n) is 5.80. The van der Waals surface area contributed by atoms with E-state index in [0.29, 0.717) is 17.4 Å². The van der Waals surface area contributed by atoms with Crippen molar-refractivity contribution in [3.8, 4) is 5.69 Å². The third-order valence-electron chi connectivity index (χ3n) is 4.02. The first-order valence-corrected chi connectivity index (χ1v) is 7.76. The number of hydrogen-bond acceptors (Lipinski definition) is 4. The molecule has 0 atom stereocenters. The van der Waals surface area contributed by atoms with Crippen molar-refractivity contribution in [1.82, 2.24) is 25.0 Å². The predicted molar refractivity (Wildman–Crippen MR) is 84.8 cm³/mol. The molecule has 1 aliphatic rings. The second kappa shape index (κ2) is 6.08. The Morgan fingerprint density at radius 2 is 2.08 bits per heavy atom. The molecule has 1 fully saturated rings. The molecule has 4 rings (SSSR count). The van der Waals surface area contributed by atoms with Gasteiger partial charge in [-0.3, -0.25) is 14.9 Å². The maximum Gasteiger partial charge on any atom is 0.281 e. The van der Waals surface area contributed by atoms with Crippen LogP contribution in [0.15, 0.2) is 36.8 Å². The first-order chi connectivity index (χ1) is 12.1. The molecule has 7 nitrogen and oxygen atoms in total. The molecule has 9 heteroatoms. The summed E-state index contributed by atoms with van der Waals surface area (Å²) < 4.78 is 28.1. The number of H-pyrrole nitrogens is 1. The van der Waals surface area contributed by atoms with Gasteiger partial charge in [0.2, 0.25) is 0 Å². The van der Waals surface area contributed by atoms with Crippen molar-refractivity contribution >= 4 is 11.7 Å². The van der Waals surface area contributed by atoms with Crippen LogP contribution < -0.4 is 5.32 Å². The lowest BCUT2D eigenvalue weighted by molar-refractivity contribution is 0.100. The van der Waals surface area contributed by atoms with Crippen LogP contribution in [-0.2, 0) is 0 Å². The van der Waals surface area contributed by atoms with Gasteiger partial charge in [-0.1, -0.05) is 0 Å². The van der Waals surface area contributed by atoms with Crippen LogP contribution in [0.5, 0.6) is 0 Å². The van der Waals surface area contributed by atoms with Crippen molar-refractivity contribution in [2.45, 2.75) is 25.2 Å². The standard InChI is InChI=1S/C16H14F2N6O/c17-15(18)14-11(8-20-24(14)10-3-5-19-6-4-10)16(25)21-13-7-12(22-23-13)9-1-2-9/h3-9,15H,1-2H2,(H2,21,22,23,25). The Balaban J connectivity index is 1.62. The molecular formula is C16H14F2N6O. The molecule has 0 bridgehead atoms. The van der Waals surface area contributed by atoms with Crippen LogP contribution in [0.4, 0.5) is 14.6 Å². The summed E-state index contributed by atoms with van der Waals surface area (Å²) in [6.45, 7) is 0. The van der Waals surface area contributed by atoms with Gasteiger partial charge >= 0.3 is 0 Å². The van der Waals surface area contributed by atoms with Gasteiger partial charge in [-0.15, -0.1) is 0 Å². The molecule has 3 aromatic heterocycles. The monoisotopic (exact) mass is 344 g/mol. The molecule has 128 valence electrons. The molecule has 1 saturated carbocycles. The summed E-state index contributed by atoms with van der Waals surface area (Å²) in [4.78, 5) is 16.3. The molecule has 0 aromatic carbocycles. The number of halogens is 2. The minimum atomic E-state index is -2.86. The number of anilines is 1. The topological polar surface area (TPSA) is 88.5 Å². The maximum atomic E-state index is 13.5. The smallest absolute Gasteiger partial charge is 0.281 e. The van der Waals surface area contributed by atoms with Gasteiger partial charge < -0.3 is 5.32 Å². The van der Waals surface area contributed by atoms with E-state index in [2.05, 4.69) is 25.6 Å². The van der Waals surface area contributed by atoms with E-state index in [4.69, 9.17) is 0 Å². The summed E-state index contributed by atoms with van der Waals surface area (Å²) in [6.07, 6.45) is 3.38. The highest BCUT2D eigenvalue weighted by Gasteiger charge is 2.28. The van der Waals surface area contributed by atoms with Gasteiger partial charge in [0.1, 0.15) is 5.69 Å². The maximum absolute atomic E-state index is 13.5. The Morgan fingerprint density at radius 3 is 2.76 bits per heavy atom. The van der Waals surface area contributed by atoms with Crippen molar-refractivity contribution < 1.29 is 13.6 Å². The fraction of sp³-hybridized carbons (Fsp3) is 0.250. The first-order valence-electron chi connectivity index (χ1n) is 7.76. The van der Waals surface area contributed by atoms with E-state index in [9.17, 15) is 13.6 Å². The number of alkyl halides is 2. The van der Waals surface area contributed by atoms with Crippen LogP contribution >= 0.6 is 0 Å². The lowest BCUT2D eigenvalue weighted by Gasteiger charge is -2.08. The zero-order chi connectivity index (χ0) is 17.4. The highest BCUT2D eigenvalue weighted by atomic mass is 19.3. The molecular weight excluding hydrogens is 330 g/mol. The van der Waals surface area contributed by atoms with Gasteiger partial charge in [0.05, 0.1) is 17.4 Å². The molecule has 25 heavy (non-hydrogen) atoms. The normalized spacial score (nSPS) is 14.0. The predicted octanol–water partition coefficient (Wildman–Crippen LogP) is 3.06. The quantitative estimate of drug-likeness (QED) is 0.744. The Bertz CT molecular complexity index is 901. The Kier molecular flexibility index (Phi) is 3.75. The van der Waals surface area contributed by atoms with Crippen LogP contribution in [0.3, 0.4) is 0 Å². The Morgan fingerprint density at radius 1 is 1.32 bits per heavy atom. The van der Waals surface area contributed by atoms with Crippen LogP contribution in [0, 0.1) is 0 Å². The van der Waals surface area contributed by atoms with E-state index in [1.807, 2.05) is 0 Å². The lowest BCUT2D eigenvalue weighted by Crippen LogP contribution is -2.15. The van der Waals surface area contributed by atoms with Gasteiger partial charge in [-0.05, 0) is 25.0 Å². The van der Waals surface area contributed by atoms with Gasteiger partial charge in [0.25, 0.3) is 12.3 Å². The third-order valence-corrected chi connectivity index (χ3v) is 4.02. The molecule has 0 saturated heterocycles. The number of pyridine rings is 1. The number of aromatic nitrogens is 5. The van der Waals surface area contributed by atoms with Crippen molar-refractivity contribution in [2.75, 3.05) is 5.32 Å². The summed E-state index contributed by atoms with van der Waals surface area (Å²) in [5.41, 5.74) is 0.682. The van der Waals surface area contributed by atoms with Gasteiger partial charge in [0.15, 0.2) is 5.82 Å². The number of nitrogens with one attached hydrogen (secondary N) is 2. The average Bonchev–Trinajstić information content (AvgIpc) is 3.19. The fourth-order valence-electron chi connectivity index (χ4n) is 2.62. The highest BCUT2D eigenvalue weighted by Crippen LogP contribution is 2.39. The zero-order valence-corrected chi connectivity index (χ0v) is 13.0.